The number of nitrogens with one attached hydrogen (secondary N) is 2. The van der Waals surface area contributed by atoms with Gasteiger partial charge in [0, 0.05) is 43.2 Å². The summed E-state index contributed by atoms with van der Waals surface area (Å²) >= 11 is 5.96. The molecule has 0 atom stereocenters. The number of benzene rings is 2. The van der Waals surface area contributed by atoms with Crippen molar-refractivity contribution < 1.29 is 4.79 Å². The fourth-order valence-electron chi connectivity index (χ4n) is 1.96. The monoisotopic (exact) mass is 303 g/mol. The van der Waals surface area contributed by atoms with Gasteiger partial charge < -0.3 is 15.5 Å². The maximum absolute atomic E-state index is 12.3. The van der Waals surface area contributed by atoms with Crippen molar-refractivity contribution in [2.45, 2.75) is 0 Å². The van der Waals surface area contributed by atoms with E-state index >= 15 is 0 Å². The summed E-state index contributed by atoms with van der Waals surface area (Å²) in [6.45, 7) is 0. The number of nitrogens with zero attached hydrogens (tertiary/aromatic N) is 1. The van der Waals surface area contributed by atoms with Gasteiger partial charge in [0.1, 0.15) is 0 Å². The fourth-order valence-corrected chi connectivity index (χ4v) is 2.14. The Hall–Kier alpha value is -2.20. The molecule has 0 radical (unpaired) electrons. The molecule has 1 amide bonds. The van der Waals surface area contributed by atoms with E-state index in [-0.39, 0.29) is 5.91 Å². The smallest absolute Gasteiger partial charge is 0.257 e. The Kier molecular flexibility index (Phi) is 4.70. The molecule has 0 saturated carbocycles. The summed E-state index contributed by atoms with van der Waals surface area (Å²) in [5.74, 6) is -0.195. The standard InChI is InChI=1S/C16H18ClN3O/c1-18-15-9-4-11(17)10-14(15)16(21)19-12-5-7-13(8-6-12)20(2)3/h4-10,18H,1-3H3,(H,19,21). The Morgan fingerprint density at radius 3 is 2.33 bits per heavy atom. The minimum atomic E-state index is -0.195. The molecule has 2 aromatic carbocycles. The van der Waals surface area contributed by atoms with Crippen LogP contribution >= 0.6 is 11.6 Å². The van der Waals surface area contributed by atoms with Gasteiger partial charge in [-0.2, -0.15) is 0 Å². The maximum atomic E-state index is 12.3. The average Bonchev–Trinajstić information content (AvgIpc) is 2.47. The number of amides is 1. The van der Waals surface area contributed by atoms with E-state index in [1.54, 1.807) is 25.2 Å². The van der Waals surface area contributed by atoms with Crippen LogP contribution in [0.2, 0.25) is 5.02 Å². The van der Waals surface area contributed by atoms with Gasteiger partial charge in [0.25, 0.3) is 5.91 Å². The Labute approximate surface area is 129 Å². The van der Waals surface area contributed by atoms with Gasteiger partial charge in [-0.25, -0.2) is 0 Å². The van der Waals surface area contributed by atoms with Crippen LogP contribution in [0.4, 0.5) is 17.1 Å². The quantitative estimate of drug-likeness (QED) is 0.905. The summed E-state index contributed by atoms with van der Waals surface area (Å²) in [6.07, 6.45) is 0. The van der Waals surface area contributed by atoms with Crippen molar-refractivity contribution in [2.24, 2.45) is 0 Å². The summed E-state index contributed by atoms with van der Waals surface area (Å²) in [4.78, 5) is 14.3. The molecule has 4 nitrogen and oxygen atoms in total. The third-order valence-electron chi connectivity index (χ3n) is 3.14. The number of hydrogen-bond acceptors (Lipinski definition) is 3. The average molecular weight is 304 g/mol. The van der Waals surface area contributed by atoms with Crippen LogP contribution in [0.15, 0.2) is 42.5 Å². The molecule has 0 bridgehead atoms. The predicted molar refractivity (Wildman–Crippen MR) is 89.7 cm³/mol. The largest absolute Gasteiger partial charge is 0.387 e. The molecule has 2 aromatic rings. The van der Waals surface area contributed by atoms with Crippen LogP contribution in [-0.2, 0) is 0 Å². The molecule has 0 aromatic heterocycles. The van der Waals surface area contributed by atoms with E-state index in [4.69, 9.17) is 11.6 Å². The Bertz CT molecular complexity index is 638. The van der Waals surface area contributed by atoms with Crippen molar-refractivity contribution in [3.63, 3.8) is 0 Å². The van der Waals surface area contributed by atoms with Crippen molar-refractivity contribution in [1.29, 1.82) is 0 Å². The van der Waals surface area contributed by atoms with Crippen LogP contribution in [-0.4, -0.2) is 27.1 Å². The Morgan fingerprint density at radius 2 is 1.76 bits per heavy atom. The van der Waals surface area contributed by atoms with Gasteiger partial charge in [-0.1, -0.05) is 11.6 Å². The third kappa shape index (κ3) is 3.67. The van der Waals surface area contributed by atoms with Crippen LogP contribution in [0.1, 0.15) is 10.4 Å². The van der Waals surface area contributed by atoms with Gasteiger partial charge in [-0.05, 0) is 42.5 Å². The highest BCUT2D eigenvalue weighted by Crippen LogP contribution is 2.22. The van der Waals surface area contributed by atoms with E-state index in [1.807, 2.05) is 43.3 Å². The summed E-state index contributed by atoms with van der Waals surface area (Å²) in [5, 5.41) is 6.39. The molecule has 0 saturated heterocycles. The predicted octanol–water partition coefficient (Wildman–Crippen LogP) is 3.70. The molecule has 0 aliphatic heterocycles. The van der Waals surface area contributed by atoms with E-state index in [2.05, 4.69) is 10.6 Å². The summed E-state index contributed by atoms with van der Waals surface area (Å²) < 4.78 is 0. The first kappa shape index (κ1) is 15.2. The summed E-state index contributed by atoms with van der Waals surface area (Å²) in [6, 6.07) is 12.8. The molecular weight excluding hydrogens is 286 g/mol. The van der Waals surface area contributed by atoms with Crippen molar-refractivity contribution in [3.05, 3.63) is 53.1 Å². The highest BCUT2D eigenvalue weighted by atomic mass is 35.5. The van der Waals surface area contributed by atoms with E-state index in [0.717, 1.165) is 17.1 Å². The Balaban J connectivity index is 2.19. The highest BCUT2D eigenvalue weighted by Gasteiger charge is 2.11. The molecule has 0 unspecified atom stereocenters. The van der Waals surface area contributed by atoms with Crippen LogP contribution in [0.3, 0.4) is 0 Å². The number of hydrogen-bond donors (Lipinski definition) is 2. The first-order valence-corrected chi connectivity index (χ1v) is 6.95. The van der Waals surface area contributed by atoms with Gasteiger partial charge in [0.2, 0.25) is 0 Å². The lowest BCUT2D eigenvalue weighted by atomic mass is 10.1. The van der Waals surface area contributed by atoms with Crippen molar-refractivity contribution in [2.75, 3.05) is 36.7 Å². The SMILES string of the molecule is CNc1ccc(Cl)cc1C(=O)Nc1ccc(N(C)C)cc1. The zero-order valence-corrected chi connectivity index (χ0v) is 13.0. The normalized spacial score (nSPS) is 10.1. The van der Waals surface area contributed by atoms with Gasteiger partial charge in [0.05, 0.1) is 5.56 Å². The second-order valence-corrected chi connectivity index (χ2v) is 5.27. The maximum Gasteiger partial charge on any atom is 0.257 e. The summed E-state index contributed by atoms with van der Waals surface area (Å²) in [7, 11) is 5.71. The van der Waals surface area contributed by atoms with E-state index in [1.165, 1.54) is 0 Å². The van der Waals surface area contributed by atoms with Crippen LogP contribution in [0.5, 0.6) is 0 Å². The van der Waals surface area contributed by atoms with Gasteiger partial charge in [0.15, 0.2) is 0 Å². The van der Waals surface area contributed by atoms with Crippen molar-refractivity contribution in [3.8, 4) is 0 Å². The number of carbonyl (C=O) groups is 1. The number of rotatable bonds is 4. The first-order valence-electron chi connectivity index (χ1n) is 6.57. The zero-order chi connectivity index (χ0) is 15.4. The molecule has 0 spiro atoms. The topological polar surface area (TPSA) is 44.4 Å². The molecule has 0 aliphatic carbocycles. The molecule has 110 valence electrons. The van der Waals surface area contributed by atoms with Crippen LogP contribution in [0, 0.1) is 0 Å². The minimum Gasteiger partial charge on any atom is -0.387 e. The second kappa shape index (κ2) is 6.50. The fraction of sp³-hybridized carbons (Fsp3) is 0.188. The van der Waals surface area contributed by atoms with E-state index < -0.39 is 0 Å². The molecule has 21 heavy (non-hydrogen) atoms. The molecule has 0 fully saturated rings. The number of carbonyl (C=O) groups excluding carboxylic acids is 1. The lowest BCUT2D eigenvalue weighted by Crippen LogP contribution is -2.14. The first-order chi connectivity index (χ1) is 10.0. The number of halogens is 1. The molecule has 0 aliphatic rings. The number of anilines is 3. The summed E-state index contributed by atoms with van der Waals surface area (Å²) in [5.41, 5.74) is 3.07. The minimum absolute atomic E-state index is 0.195. The van der Waals surface area contributed by atoms with E-state index in [9.17, 15) is 4.79 Å². The van der Waals surface area contributed by atoms with Crippen LogP contribution in [0.25, 0.3) is 0 Å². The van der Waals surface area contributed by atoms with Gasteiger partial charge in [-0.15, -0.1) is 0 Å². The van der Waals surface area contributed by atoms with Gasteiger partial charge in [-0.3, -0.25) is 4.79 Å². The van der Waals surface area contributed by atoms with Crippen molar-refractivity contribution >= 4 is 34.6 Å². The zero-order valence-electron chi connectivity index (χ0n) is 12.3. The highest BCUT2D eigenvalue weighted by molar-refractivity contribution is 6.31. The van der Waals surface area contributed by atoms with Crippen molar-refractivity contribution in [1.82, 2.24) is 0 Å². The third-order valence-corrected chi connectivity index (χ3v) is 3.37. The lowest BCUT2D eigenvalue weighted by Gasteiger charge is -2.14. The second-order valence-electron chi connectivity index (χ2n) is 4.84. The van der Waals surface area contributed by atoms with Gasteiger partial charge >= 0.3 is 0 Å². The molecule has 0 heterocycles. The molecule has 2 rings (SSSR count). The van der Waals surface area contributed by atoms with E-state index in [0.29, 0.717) is 10.6 Å². The lowest BCUT2D eigenvalue weighted by molar-refractivity contribution is 0.102. The Morgan fingerprint density at radius 1 is 1.10 bits per heavy atom. The molecule has 2 N–H and O–H groups in total. The molecular formula is C16H18ClN3O. The van der Waals surface area contributed by atoms with Crippen LogP contribution < -0.4 is 15.5 Å². The molecule has 5 heteroatoms.